The van der Waals surface area contributed by atoms with Crippen molar-refractivity contribution < 1.29 is 5.11 Å². The van der Waals surface area contributed by atoms with Gasteiger partial charge in [0.25, 0.3) is 0 Å². The molecule has 1 saturated heterocycles. The van der Waals surface area contributed by atoms with Gasteiger partial charge < -0.3 is 10.4 Å². The zero-order valence-corrected chi connectivity index (χ0v) is 5.56. The largest absolute Gasteiger partial charge is 0.391 e. The zero-order valence-electron chi connectivity index (χ0n) is 5.56. The van der Waals surface area contributed by atoms with E-state index in [9.17, 15) is 5.11 Å². The fraction of sp³-hybridized carbons (Fsp3) is 1.00. The van der Waals surface area contributed by atoms with Crippen LogP contribution in [0.2, 0.25) is 0 Å². The van der Waals surface area contributed by atoms with Gasteiger partial charge in [-0.15, -0.1) is 0 Å². The first kappa shape index (κ1) is 7.34. The van der Waals surface area contributed by atoms with Crippen LogP contribution in [0.1, 0.15) is 6.42 Å². The van der Waals surface area contributed by atoms with Crippen molar-refractivity contribution >= 4 is 0 Å². The molecule has 5 nitrogen and oxygen atoms in total. The second-order valence-corrected chi connectivity index (χ2v) is 2.33. The fourth-order valence-corrected chi connectivity index (χ4v) is 1.03. The summed E-state index contributed by atoms with van der Waals surface area (Å²) in [6.07, 6.45) is 0.218. The lowest BCUT2D eigenvalue weighted by Crippen LogP contribution is -2.42. The van der Waals surface area contributed by atoms with E-state index in [0.717, 1.165) is 13.0 Å². The molecule has 56 valence electrons. The number of hydrogen-bond donors (Lipinski definition) is 2. The average Bonchev–Trinajstić information content (AvgIpc) is 1.94. The van der Waals surface area contributed by atoms with Gasteiger partial charge in [0, 0.05) is 11.5 Å². The van der Waals surface area contributed by atoms with Gasteiger partial charge in [0.15, 0.2) is 0 Å². The van der Waals surface area contributed by atoms with Crippen LogP contribution in [0.25, 0.3) is 10.4 Å². The summed E-state index contributed by atoms with van der Waals surface area (Å²) in [5.41, 5.74) is 8.06. The number of aliphatic hydroxyl groups excluding tert-OH is 1. The molecule has 5 heteroatoms. The Labute approximate surface area is 58.7 Å². The van der Waals surface area contributed by atoms with E-state index >= 15 is 0 Å². The van der Waals surface area contributed by atoms with Crippen LogP contribution >= 0.6 is 0 Å². The third kappa shape index (κ3) is 1.60. The summed E-state index contributed by atoms with van der Waals surface area (Å²) in [7, 11) is 0. The van der Waals surface area contributed by atoms with Crippen LogP contribution in [0.5, 0.6) is 0 Å². The van der Waals surface area contributed by atoms with Crippen LogP contribution in [0.3, 0.4) is 0 Å². The first-order valence-corrected chi connectivity index (χ1v) is 3.27. The number of nitrogens with one attached hydrogen (secondary N) is 1. The lowest BCUT2D eigenvalue weighted by atomic mass is 10.1. The Morgan fingerprint density at radius 3 is 3.10 bits per heavy atom. The van der Waals surface area contributed by atoms with Crippen LogP contribution in [-0.4, -0.2) is 30.3 Å². The standard InChI is InChI=1S/C5H10N4O/c6-9-8-4-1-2-7-3-5(4)10/h4-5,7,10H,1-3H2. The van der Waals surface area contributed by atoms with E-state index < -0.39 is 6.10 Å². The molecule has 0 radical (unpaired) electrons. The molecule has 1 aliphatic rings. The highest BCUT2D eigenvalue weighted by Crippen LogP contribution is 2.07. The lowest BCUT2D eigenvalue weighted by molar-refractivity contribution is 0.120. The van der Waals surface area contributed by atoms with Crippen molar-refractivity contribution in [3.05, 3.63) is 10.4 Å². The van der Waals surface area contributed by atoms with Gasteiger partial charge in [-0.25, -0.2) is 0 Å². The molecule has 1 fully saturated rings. The molecule has 2 atom stereocenters. The number of aliphatic hydroxyl groups is 1. The number of piperidine rings is 1. The van der Waals surface area contributed by atoms with Crippen LogP contribution in [-0.2, 0) is 0 Å². The second-order valence-electron chi connectivity index (χ2n) is 2.33. The zero-order chi connectivity index (χ0) is 7.40. The van der Waals surface area contributed by atoms with Crippen molar-refractivity contribution in [1.29, 1.82) is 0 Å². The van der Waals surface area contributed by atoms with Gasteiger partial charge in [-0.05, 0) is 18.5 Å². The highest BCUT2D eigenvalue weighted by Gasteiger charge is 2.20. The van der Waals surface area contributed by atoms with E-state index in [-0.39, 0.29) is 6.04 Å². The molecule has 0 aromatic carbocycles. The quantitative estimate of drug-likeness (QED) is 0.307. The van der Waals surface area contributed by atoms with E-state index in [1.807, 2.05) is 0 Å². The molecule has 0 bridgehead atoms. The molecule has 2 unspecified atom stereocenters. The summed E-state index contributed by atoms with van der Waals surface area (Å²) in [6.45, 7) is 1.35. The van der Waals surface area contributed by atoms with Gasteiger partial charge in [-0.1, -0.05) is 5.11 Å². The molecule has 1 heterocycles. The van der Waals surface area contributed by atoms with Gasteiger partial charge in [0.1, 0.15) is 0 Å². The fourth-order valence-electron chi connectivity index (χ4n) is 1.03. The Morgan fingerprint density at radius 2 is 2.50 bits per heavy atom. The molecule has 2 N–H and O–H groups in total. The highest BCUT2D eigenvalue weighted by molar-refractivity contribution is 4.82. The molecular formula is C5H10N4O. The van der Waals surface area contributed by atoms with E-state index in [0.29, 0.717) is 6.54 Å². The lowest BCUT2D eigenvalue weighted by Gasteiger charge is -2.23. The summed E-state index contributed by atoms with van der Waals surface area (Å²) >= 11 is 0. The molecule has 10 heavy (non-hydrogen) atoms. The third-order valence-corrected chi connectivity index (χ3v) is 1.61. The maximum absolute atomic E-state index is 9.17. The Hall–Kier alpha value is -0.770. The maximum Gasteiger partial charge on any atom is 0.0749 e. The minimum Gasteiger partial charge on any atom is -0.391 e. The van der Waals surface area contributed by atoms with Crippen LogP contribution in [0.4, 0.5) is 0 Å². The topological polar surface area (TPSA) is 81.0 Å². The Balaban J connectivity index is 2.47. The molecule has 0 spiro atoms. The number of β-amino-alcohol motifs (C(OH)–C–C–N with tert-alkyl or cyclic N) is 1. The second kappa shape index (κ2) is 3.41. The van der Waals surface area contributed by atoms with Gasteiger partial charge in [0.05, 0.1) is 12.1 Å². The van der Waals surface area contributed by atoms with Gasteiger partial charge >= 0.3 is 0 Å². The SMILES string of the molecule is [N-]=[N+]=NC1CCNCC1O. The van der Waals surface area contributed by atoms with Crippen LogP contribution in [0, 0.1) is 0 Å². The third-order valence-electron chi connectivity index (χ3n) is 1.61. The molecule has 1 aliphatic heterocycles. The Kier molecular flexibility index (Phi) is 2.50. The minimum atomic E-state index is -0.510. The van der Waals surface area contributed by atoms with Crippen molar-refractivity contribution in [2.24, 2.45) is 5.11 Å². The highest BCUT2D eigenvalue weighted by atomic mass is 16.3. The predicted molar refractivity (Wildman–Crippen MR) is 36.4 cm³/mol. The van der Waals surface area contributed by atoms with E-state index in [1.165, 1.54) is 0 Å². The molecule has 0 amide bonds. The van der Waals surface area contributed by atoms with Crippen molar-refractivity contribution in [2.45, 2.75) is 18.6 Å². The van der Waals surface area contributed by atoms with E-state index in [1.54, 1.807) is 0 Å². The molecular weight excluding hydrogens is 132 g/mol. The first-order chi connectivity index (χ1) is 4.84. The Bertz CT molecular complexity index is 154. The summed E-state index contributed by atoms with van der Waals surface area (Å²) in [4.78, 5) is 2.65. The molecule has 1 rings (SSSR count). The molecule has 0 aliphatic carbocycles. The maximum atomic E-state index is 9.17. The first-order valence-electron chi connectivity index (χ1n) is 3.27. The smallest absolute Gasteiger partial charge is 0.0749 e. The van der Waals surface area contributed by atoms with Gasteiger partial charge in [0.2, 0.25) is 0 Å². The summed E-state index contributed by atoms with van der Waals surface area (Å²) < 4.78 is 0. The monoisotopic (exact) mass is 142 g/mol. The average molecular weight is 142 g/mol. The molecule has 0 saturated carbocycles. The van der Waals surface area contributed by atoms with Crippen molar-refractivity contribution in [1.82, 2.24) is 5.32 Å². The summed E-state index contributed by atoms with van der Waals surface area (Å²) in [5.74, 6) is 0. The summed E-state index contributed by atoms with van der Waals surface area (Å²) in [6, 6.07) is -0.230. The normalized spacial score (nSPS) is 32.9. The van der Waals surface area contributed by atoms with E-state index in [4.69, 9.17) is 5.53 Å². The molecule has 0 aromatic rings. The Morgan fingerprint density at radius 1 is 1.70 bits per heavy atom. The van der Waals surface area contributed by atoms with Gasteiger partial charge in [-0.3, -0.25) is 0 Å². The molecule has 0 aromatic heterocycles. The number of azide groups is 1. The van der Waals surface area contributed by atoms with Gasteiger partial charge in [-0.2, -0.15) is 0 Å². The van der Waals surface area contributed by atoms with Crippen LogP contribution < -0.4 is 5.32 Å². The number of hydrogen-bond acceptors (Lipinski definition) is 3. The number of rotatable bonds is 1. The van der Waals surface area contributed by atoms with Crippen molar-refractivity contribution in [3.63, 3.8) is 0 Å². The summed E-state index contributed by atoms with van der Waals surface area (Å²) in [5, 5.41) is 15.6. The van der Waals surface area contributed by atoms with Crippen molar-refractivity contribution in [2.75, 3.05) is 13.1 Å². The van der Waals surface area contributed by atoms with Crippen LogP contribution in [0.15, 0.2) is 5.11 Å². The number of nitrogens with zero attached hydrogens (tertiary/aromatic N) is 3. The van der Waals surface area contributed by atoms with E-state index in [2.05, 4.69) is 15.3 Å². The predicted octanol–water partition coefficient (Wildman–Crippen LogP) is 0.0195. The minimum absolute atomic E-state index is 0.230. The van der Waals surface area contributed by atoms with Crippen molar-refractivity contribution in [3.8, 4) is 0 Å².